The molecule has 0 aliphatic rings. The van der Waals surface area contributed by atoms with Crippen molar-refractivity contribution in [3.63, 3.8) is 0 Å². The van der Waals surface area contributed by atoms with E-state index in [0.717, 1.165) is 28.4 Å². The Kier molecular flexibility index (Phi) is 3.96. The van der Waals surface area contributed by atoms with E-state index in [2.05, 4.69) is 16.4 Å². The first-order valence-electron chi connectivity index (χ1n) is 5.40. The van der Waals surface area contributed by atoms with Crippen molar-refractivity contribution in [1.29, 1.82) is 0 Å². The summed E-state index contributed by atoms with van der Waals surface area (Å²) in [5, 5.41) is 4.04. The lowest BCUT2D eigenvalue weighted by Crippen LogP contribution is -2.02. The van der Waals surface area contributed by atoms with E-state index in [4.69, 9.17) is 17.3 Å². The number of halogens is 1. The van der Waals surface area contributed by atoms with Crippen LogP contribution in [0, 0.1) is 0 Å². The number of pyridine rings is 1. The molecule has 0 aliphatic heterocycles. The quantitative estimate of drug-likeness (QED) is 0.874. The van der Waals surface area contributed by atoms with Gasteiger partial charge in [0.2, 0.25) is 0 Å². The molecule has 88 valence electrons. The van der Waals surface area contributed by atoms with E-state index in [1.54, 1.807) is 6.20 Å². The SMILES string of the molecule is NCc1cncc(CNc2ccc(Cl)cc2)c1. The van der Waals surface area contributed by atoms with Gasteiger partial charge in [-0.15, -0.1) is 0 Å². The first-order valence-corrected chi connectivity index (χ1v) is 5.78. The minimum Gasteiger partial charge on any atom is -0.381 e. The summed E-state index contributed by atoms with van der Waals surface area (Å²) >= 11 is 5.82. The Morgan fingerprint density at radius 3 is 2.53 bits per heavy atom. The maximum absolute atomic E-state index is 5.82. The van der Waals surface area contributed by atoms with Gasteiger partial charge in [0.25, 0.3) is 0 Å². The van der Waals surface area contributed by atoms with Crippen LogP contribution in [0.1, 0.15) is 11.1 Å². The van der Waals surface area contributed by atoms with Crippen LogP contribution in [0.2, 0.25) is 5.02 Å². The second-order valence-corrected chi connectivity index (χ2v) is 4.20. The molecule has 2 aromatic rings. The number of nitrogens with zero attached hydrogens (tertiary/aromatic N) is 1. The largest absolute Gasteiger partial charge is 0.381 e. The summed E-state index contributed by atoms with van der Waals surface area (Å²) in [5.74, 6) is 0. The highest BCUT2D eigenvalue weighted by molar-refractivity contribution is 6.30. The van der Waals surface area contributed by atoms with Crippen LogP contribution in [0.15, 0.2) is 42.7 Å². The Morgan fingerprint density at radius 2 is 1.82 bits per heavy atom. The van der Waals surface area contributed by atoms with Crippen molar-refractivity contribution in [2.24, 2.45) is 5.73 Å². The van der Waals surface area contributed by atoms with Crippen LogP contribution in [-0.4, -0.2) is 4.98 Å². The fourth-order valence-electron chi connectivity index (χ4n) is 1.52. The summed E-state index contributed by atoms with van der Waals surface area (Å²) in [6.07, 6.45) is 3.62. The molecule has 1 aromatic carbocycles. The number of hydrogen-bond acceptors (Lipinski definition) is 3. The highest BCUT2D eigenvalue weighted by Crippen LogP contribution is 2.14. The fraction of sp³-hybridized carbons (Fsp3) is 0.154. The first-order chi connectivity index (χ1) is 8.28. The molecule has 0 saturated carbocycles. The van der Waals surface area contributed by atoms with Gasteiger partial charge in [-0.2, -0.15) is 0 Å². The number of hydrogen-bond donors (Lipinski definition) is 2. The van der Waals surface area contributed by atoms with E-state index in [1.165, 1.54) is 0 Å². The zero-order chi connectivity index (χ0) is 12.1. The summed E-state index contributed by atoms with van der Waals surface area (Å²) in [6, 6.07) is 9.66. The minimum atomic E-state index is 0.516. The average Bonchev–Trinajstić information content (AvgIpc) is 2.38. The van der Waals surface area contributed by atoms with Crippen molar-refractivity contribution in [2.45, 2.75) is 13.1 Å². The standard InChI is InChI=1S/C13H14ClN3/c14-12-1-3-13(4-2-12)17-9-11-5-10(6-15)7-16-8-11/h1-5,7-8,17H,6,9,15H2. The summed E-state index contributed by atoms with van der Waals surface area (Å²) in [4.78, 5) is 4.14. The molecule has 3 N–H and O–H groups in total. The Bertz CT molecular complexity index is 482. The van der Waals surface area contributed by atoms with E-state index in [-0.39, 0.29) is 0 Å². The predicted octanol–water partition coefficient (Wildman–Crippen LogP) is 2.81. The Morgan fingerprint density at radius 1 is 1.12 bits per heavy atom. The average molecular weight is 248 g/mol. The zero-order valence-electron chi connectivity index (χ0n) is 9.36. The Hall–Kier alpha value is -1.58. The molecule has 0 bridgehead atoms. The normalized spacial score (nSPS) is 10.2. The topological polar surface area (TPSA) is 50.9 Å². The molecule has 0 unspecified atom stereocenters. The first kappa shape index (κ1) is 11.9. The predicted molar refractivity (Wildman–Crippen MR) is 70.9 cm³/mol. The molecular weight excluding hydrogens is 234 g/mol. The van der Waals surface area contributed by atoms with E-state index in [0.29, 0.717) is 6.54 Å². The van der Waals surface area contributed by atoms with Crippen LogP contribution < -0.4 is 11.1 Å². The summed E-state index contributed by atoms with van der Waals surface area (Å²) in [6.45, 7) is 1.24. The molecule has 0 atom stereocenters. The van der Waals surface area contributed by atoms with Gasteiger partial charge in [0.05, 0.1) is 0 Å². The van der Waals surface area contributed by atoms with E-state index >= 15 is 0 Å². The number of nitrogens with two attached hydrogens (primary N) is 1. The Labute approximate surface area is 106 Å². The number of benzene rings is 1. The molecule has 0 amide bonds. The third-order valence-corrected chi connectivity index (χ3v) is 2.68. The number of aromatic nitrogens is 1. The van der Waals surface area contributed by atoms with Gasteiger partial charge in [0.1, 0.15) is 0 Å². The summed E-state index contributed by atoms with van der Waals surface area (Å²) in [7, 11) is 0. The summed E-state index contributed by atoms with van der Waals surface area (Å²) in [5.41, 5.74) is 8.76. The van der Waals surface area contributed by atoms with Crippen molar-refractivity contribution in [1.82, 2.24) is 4.98 Å². The van der Waals surface area contributed by atoms with Crippen molar-refractivity contribution < 1.29 is 0 Å². The maximum atomic E-state index is 5.82. The van der Waals surface area contributed by atoms with Crippen molar-refractivity contribution in [2.75, 3.05) is 5.32 Å². The van der Waals surface area contributed by atoms with Gasteiger partial charge in [-0.1, -0.05) is 11.6 Å². The van der Waals surface area contributed by atoms with Crippen LogP contribution in [0.25, 0.3) is 0 Å². The molecule has 1 heterocycles. The highest BCUT2D eigenvalue weighted by Gasteiger charge is 1.96. The van der Waals surface area contributed by atoms with Crippen molar-refractivity contribution in [3.8, 4) is 0 Å². The van der Waals surface area contributed by atoms with Crippen molar-refractivity contribution in [3.05, 3.63) is 58.9 Å². The smallest absolute Gasteiger partial charge is 0.0416 e. The van der Waals surface area contributed by atoms with Crippen LogP contribution in [0.4, 0.5) is 5.69 Å². The minimum absolute atomic E-state index is 0.516. The number of nitrogens with one attached hydrogen (secondary N) is 1. The molecule has 0 saturated heterocycles. The van der Waals surface area contributed by atoms with Gasteiger partial charge in [0, 0.05) is 36.2 Å². The molecule has 1 aromatic heterocycles. The molecule has 0 fully saturated rings. The zero-order valence-corrected chi connectivity index (χ0v) is 10.1. The van der Waals surface area contributed by atoms with Crippen LogP contribution >= 0.6 is 11.6 Å². The van der Waals surface area contributed by atoms with Gasteiger partial charge in [-0.3, -0.25) is 4.98 Å². The number of rotatable bonds is 4. The van der Waals surface area contributed by atoms with Gasteiger partial charge < -0.3 is 11.1 Å². The highest BCUT2D eigenvalue weighted by atomic mass is 35.5. The third-order valence-electron chi connectivity index (χ3n) is 2.43. The monoisotopic (exact) mass is 247 g/mol. The van der Waals surface area contributed by atoms with Gasteiger partial charge in [0.15, 0.2) is 0 Å². The molecule has 0 radical (unpaired) electrons. The molecular formula is C13H14ClN3. The second-order valence-electron chi connectivity index (χ2n) is 3.77. The van der Waals surface area contributed by atoms with E-state index in [9.17, 15) is 0 Å². The lowest BCUT2D eigenvalue weighted by Gasteiger charge is -2.07. The molecule has 3 nitrogen and oxygen atoms in total. The molecule has 4 heteroatoms. The van der Waals surface area contributed by atoms with Crippen LogP contribution in [-0.2, 0) is 13.1 Å². The maximum Gasteiger partial charge on any atom is 0.0416 e. The van der Waals surface area contributed by atoms with Crippen LogP contribution in [0.5, 0.6) is 0 Å². The van der Waals surface area contributed by atoms with Gasteiger partial charge in [-0.05, 0) is 41.5 Å². The molecule has 0 aliphatic carbocycles. The van der Waals surface area contributed by atoms with Crippen molar-refractivity contribution >= 4 is 17.3 Å². The number of anilines is 1. The fourth-order valence-corrected chi connectivity index (χ4v) is 1.65. The molecule has 17 heavy (non-hydrogen) atoms. The van der Waals surface area contributed by atoms with Gasteiger partial charge in [-0.25, -0.2) is 0 Å². The summed E-state index contributed by atoms with van der Waals surface area (Å²) < 4.78 is 0. The third kappa shape index (κ3) is 3.44. The lowest BCUT2D eigenvalue weighted by molar-refractivity contribution is 1.02. The van der Waals surface area contributed by atoms with E-state index < -0.39 is 0 Å². The molecule has 0 spiro atoms. The van der Waals surface area contributed by atoms with Crippen LogP contribution in [0.3, 0.4) is 0 Å². The lowest BCUT2D eigenvalue weighted by atomic mass is 10.2. The Balaban J connectivity index is 1.99. The van der Waals surface area contributed by atoms with Gasteiger partial charge >= 0.3 is 0 Å². The second kappa shape index (κ2) is 5.66. The van der Waals surface area contributed by atoms with E-state index in [1.807, 2.05) is 30.5 Å². The molecule has 2 rings (SSSR count).